The zero-order valence-corrected chi connectivity index (χ0v) is 23.6. The zero-order valence-electron chi connectivity index (χ0n) is 23.6. The lowest BCUT2D eigenvalue weighted by Gasteiger charge is -2.48. The van der Waals surface area contributed by atoms with Gasteiger partial charge in [0.2, 0.25) is 0 Å². The summed E-state index contributed by atoms with van der Waals surface area (Å²) in [5, 5.41) is 22.0. The van der Waals surface area contributed by atoms with Crippen LogP contribution in [0.5, 0.6) is 0 Å². The van der Waals surface area contributed by atoms with Gasteiger partial charge in [-0.15, -0.1) is 0 Å². The summed E-state index contributed by atoms with van der Waals surface area (Å²) in [5.74, 6) is -2.62. The lowest BCUT2D eigenvalue weighted by Crippen LogP contribution is -2.60. The Labute approximate surface area is 230 Å². The Bertz CT molecular complexity index is 1140. The van der Waals surface area contributed by atoms with Gasteiger partial charge in [-0.05, 0) is 65.5 Å². The maximum Gasteiger partial charge on any atom is 0.408 e. The maximum atomic E-state index is 13.2. The summed E-state index contributed by atoms with van der Waals surface area (Å²) in [6.07, 6.45) is -1.11. The molecule has 1 amide bonds. The maximum absolute atomic E-state index is 13.2. The molecule has 0 aliphatic carbocycles. The molecule has 0 aliphatic rings. The van der Waals surface area contributed by atoms with Gasteiger partial charge in [-0.3, -0.25) is 14.5 Å². The van der Waals surface area contributed by atoms with Crippen LogP contribution in [-0.4, -0.2) is 62.1 Å². The van der Waals surface area contributed by atoms with Gasteiger partial charge in [0.1, 0.15) is 18.7 Å². The van der Waals surface area contributed by atoms with E-state index in [-0.39, 0.29) is 31.7 Å². The number of hydrogen-bond acceptors (Lipinski definition) is 6. The fourth-order valence-electron chi connectivity index (χ4n) is 4.98. The first-order valence-electron chi connectivity index (χ1n) is 12.9. The van der Waals surface area contributed by atoms with Crippen LogP contribution in [0.4, 0.5) is 4.79 Å². The third kappa shape index (κ3) is 9.51. The van der Waals surface area contributed by atoms with E-state index in [1.54, 1.807) is 48.5 Å². The predicted molar refractivity (Wildman–Crippen MR) is 148 cm³/mol. The number of carbonyl (C=O) groups excluding carboxylic acids is 2. The smallest absolute Gasteiger partial charge is 0.408 e. The van der Waals surface area contributed by atoms with Crippen molar-refractivity contribution in [1.82, 2.24) is 10.2 Å². The first-order chi connectivity index (χ1) is 18.1. The summed E-state index contributed by atoms with van der Waals surface area (Å²) in [6.45, 7) is 11.7. The highest BCUT2D eigenvalue weighted by molar-refractivity contribution is 5.98. The lowest BCUT2D eigenvalue weighted by molar-refractivity contribution is -0.149. The van der Waals surface area contributed by atoms with Crippen molar-refractivity contribution >= 4 is 23.8 Å². The number of nitrogens with one attached hydrogen (secondary N) is 1. The van der Waals surface area contributed by atoms with E-state index in [0.717, 1.165) is 5.56 Å². The Morgan fingerprint density at radius 3 is 1.95 bits per heavy atom. The van der Waals surface area contributed by atoms with Crippen molar-refractivity contribution in [2.24, 2.45) is 0 Å². The topological polar surface area (TPSA) is 133 Å². The molecule has 2 aromatic rings. The summed E-state index contributed by atoms with van der Waals surface area (Å²) < 4.78 is 5.10. The van der Waals surface area contributed by atoms with Crippen molar-refractivity contribution in [3.8, 4) is 0 Å². The number of ether oxygens (including phenoxy) is 1. The molecule has 0 spiro atoms. The minimum Gasteiger partial charge on any atom is -0.480 e. The molecule has 0 aromatic heterocycles. The Morgan fingerprint density at radius 1 is 0.846 bits per heavy atom. The number of hydrogen-bond donors (Lipinski definition) is 3. The van der Waals surface area contributed by atoms with Gasteiger partial charge in [0.05, 0.1) is 0 Å². The fraction of sp³-hybridized carbons (Fsp3) is 0.467. The van der Waals surface area contributed by atoms with E-state index >= 15 is 0 Å². The third-order valence-electron chi connectivity index (χ3n) is 6.24. The summed E-state index contributed by atoms with van der Waals surface area (Å²) in [7, 11) is 0. The summed E-state index contributed by atoms with van der Waals surface area (Å²) in [4.78, 5) is 51.5. The number of alkyl carbamates (subject to hydrolysis) is 1. The van der Waals surface area contributed by atoms with Crippen molar-refractivity contribution in [2.75, 3.05) is 0 Å². The molecule has 0 radical (unpaired) electrons. The number of ketones is 1. The van der Waals surface area contributed by atoms with Crippen LogP contribution < -0.4 is 5.32 Å². The number of nitrogens with zero attached hydrogens (tertiary/aromatic N) is 1. The molecule has 212 valence electrons. The van der Waals surface area contributed by atoms with Gasteiger partial charge < -0.3 is 20.3 Å². The highest BCUT2D eigenvalue weighted by Crippen LogP contribution is 2.30. The monoisotopic (exact) mass is 540 g/mol. The average molecular weight is 541 g/mol. The number of carboxylic acids is 2. The molecular formula is C30H40N2O7. The second kappa shape index (κ2) is 13.4. The van der Waals surface area contributed by atoms with Crippen LogP contribution in [0, 0.1) is 0 Å². The van der Waals surface area contributed by atoms with E-state index in [4.69, 9.17) is 4.74 Å². The van der Waals surface area contributed by atoms with E-state index in [2.05, 4.69) is 5.32 Å². The highest BCUT2D eigenvalue weighted by Gasteiger charge is 2.41. The zero-order chi connectivity index (χ0) is 29.4. The van der Waals surface area contributed by atoms with Gasteiger partial charge >= 0.3 is 18.0 Å². The van der Waals surface area contributed by atoms with E-state index in [9.17, 15) is 29.4 Å². The minimum absolute atomic E-state index is 0.0176. The van der Waals surface area contributed by atoms with Crippen molar-refractivity contribution in [1.29, 1.82) is 0 Å². The van der Waals surface area contributed by atoms with Crippen LogP contribution in [0.2, 0.25) is 0 Å². The number of carboxylic acid groups (broad SMARTS) is 2. The van der Waals surface area contributed by atoms with E-state index < -0.39 is 41.2 Å². The lowest BCUT2D eigenvalue weighted by atomic mass is 9.88. The van der Waals surface area contributed by atoms with E-state index in [0.29, 0.717) is 11.1 Å². The first kappa shape index (κ1) is 31.5. The molecule has 0 bridgehead atoms. The second-order valence-electron chi connectivity index (χ2n) is 11.5. The average Bonchev–Trinajstić information content (AvgIpc) is 2.83. The molecule has 2 rings (SSSR count). The third-order valence-corrected chi connectivity index (χ3v) is 6.24. The van der Waals surface area contributed by atoms with Crippen molar-refractivity contribution < 1.29 is 34.1 Å². The largest absolute Gasteiger partial charge is 0.480 e. The molecule has 39 heavy (non-hydrogen) atoms. The van der Waals surface area contributed by atoms with Gasteiger partial charge in [-0.2, -0.15) is 0 Å². The van der Waals surface area contributed by atoms with Crippen LogP contribution in [0.1, 0.15) is 75.9 Å². The van der Waals surface area contributed by atoms with Gasteiger partial charge in [0.15, 0.2) is 5.78 Å². The molecule has 0 saturated carbocycles. The molecule has 9 heteroatoms. The quantitative estimate of drug-likeness (QED) is 0.323. The van der Waals surface area contributed by atoms with Crippen LogP contribution >= 0.6 is 0 Å². The Morgan fingerprint density at radius 2 is 1.41 bits per heavy atom. The van der Waals surface area contributed by atoms with E-state index in [1.165, 1.54) is 0 Å². The van der Waals surface area contributed by atoms with Crippen LogP contribution in [0.3, 0.4) is 0 Å². The predicted octanol–water partition coefficient (Wildman–Crippen LogP) is 4.92. The normalized spacial score (nSPS) is 13.4. The SMILES string of the molecule is CC(C)(C)N([C@H](Cc1ccccc1C(=O)CC[C@H](NC(=O)OCc1ccccc1)C(=O)O)C(=O)O)C(C)(C)C. The molecule has 0 aliphatic heterocycles. The number of benzene rings is 2. The number of rotatable bonds is 12. The summed E-state index contributed by atoms with van der Waals surface area (Å²) >= 11 is 0. The van der Waals surface area contributed by atoms with Crippen molar-refractivity contribution in [2.45, 2.75) is 90.6 Å². The molecule has 0 unspecified atom stereocenters. The van der Waals surface area contributed by atoms with Gasteiger partial charge in [-0.1, -0.05) is 54.6 Å². The Kier molecular flexibility index (Phi) is 10.8. The molecule has 0 fully saturated rings. The van der Waals surface area contributed by atoms with Crippen LogP contribution in [0.15, 0.2) is 54.6 Å². The van der Waals surface area contributed by atoms with Gasteiger partial charge in [0.25, 0.3) is 0 Å². The van der Waals surface area contributed by atoms with Crippen LogP contribution in [-0.2, 0) is 27.4 Å². The van der Waals surface area contributed by atoms with Crippen molar-refractivity contribution in [3.63, 3.8) is 0 Å². The van der Waals surface area contributed by atoms with Gasteiger partial charge in [0, 0.05) is 23.1 Å². The Balaban J connectivity index is 2.14. The Hall–Kier alpha value is -3.72. The highest BCUT2D eigenvalue weighted by atomic mass is 16.5. The first-order valence-corrected chi connectivity index (χ1v) is 12.9. The summed E-state index contributed by atoms with van der Waals surface area (Å²) in [6, 6.07) is 13.5. The number of carbonyl (C=O) groups is 4. The van der Waals surface area contributed by atoms with Crippen LogP contribution in [0.25, 0.3) is 0 Å². The number of Topliss-reactive ketones (excluding diaryl/α,β-unsaturated/α-hetero) is 1. The molecule has 3 N–H and O–H groups in total. The van der Waals surface area contributed by atoms with Crippen molar-refractivity contribution in [3.05, 3.63) is 71.3 Å². The molecule has 9 nitrogen and oxygen atoms in total. The summed E-state index contributed by atoms with van der Waals surface area (Å²) in [5.41, 5.74) is 0.728. The minimum atomic E-state index is -1.33. The van der Waals surface area contributed by atoms with E-state index in [1.807, 2.05) is 52.5 Å². The molecule has 2 atom stereocenters. The standard InChI is InChI=1S/C30H40N2O7/c1-29(2,3)32(30(4,5)6)24(27(36)37)18-21-14-10-11-15-22(21)25(33)17-16-23(26(34)35)31-28(38)39-19-20-12-8-7-9-13-20/h7-15,23-24H,16-19H2,1-6H3,(H,31,38)(H,34,35)(H,36,37)/t23-,24+/m0/s1. The fourth-order valence-corrected chi connectivity index (χ4v) is 4.98. The number of amides is 1. The van der Waals surface area contributed by atoms with Gasteiger partial charge in [-0.25, -0.2) is 9.59 Å². The second-order valence-corrected chi connectivity index (χ2v) is 11.5. The molecule has 2 aromatic carbocycles. The molecule has 0 saturated heterocycles. The molecular weight excluding hydrogens is 500 g/mol. The number of aliphatic carboxylic acids is 2. The molecule has 0 heterocycles.